The average Bonchev–Trinajstić information content (AvgIpc) is 3.03. The van der Waals surface area contributed by atoms with E-state index in [1.807, 2.05) is 0 Å². The van der Waals surface area contributed by atoms with E-state index in [1.165, 1.54) is 45.3 Å². The van der Waals surface area contributed by atoms with E-state index in [0.29, 0.717) is 0 Å². The van der Waals surface area contributed by atoms with Crippen LogP contribution in [0.5, 0.6) is 0 Å². The van der Waals surface area contributed by atoms with E-state index >= 15 is 0 Å². The molecule has 2 aliphatic rings. The molecule has 1 saturated heterocycles. The van der Waals surface area contributed by atoms with Crippen LogP contribution in [-0.2, 0) is 0 Å². The molecule has 2 unspecified atom stereocenters. The second-order valence-corrected chi connectivity index (χ2v) is 6.02. The molecule has 2 fully saturated rings. The highest BCUT2D eigenvalue weighted by atomic mass is 15.2. The van der Waals surface area contributed by atoms with Gasteiger partial charge in [-0.05, 0) is 50.1 Å². The molecule has 1 aliphatic heterocycles. The minimum Gasteiger partial charge on any atom is -0.314 e. The predicted molar refractivity (Wildman–Crippen MR) is 69.6 cm³/mol. The van der Waals surface area contributed by atoms with Gasteiger partial charge in [-0.3, -0.25) is 0 Å². The Morgan fingerprint density at radius 2 is 2.06 bits per heavy atom. The highest BCUT2D eigenvalue weighted by Gasteiger charge is 2.42. The Morgan fingerprint density at radius 3 is 2.56 bits per heavy atom. The van der Waals surface area contributed by atoms with Crippen molar-refractivity contribution in [2.24, 2.45) is 11.3 Å². The van der Waals surface area contributed by atoms with Crippen LogP contribution in [0.3, 0.4) is 0 Å². The van der Waals surface area contributed by atoms with Gasteiger partial charge in [-0.2, -0.15) is 0 Å². The number of piperidine rings is 1. The summed E-state index contributed by atoms with van der Waals surface area (Å²) in [5.41, 5.74) is 0.727. The van der Waals surface area contributed by atoms with E-state index in [2.05, 4.69) is 31.0 Å². The SMILES string of the molecule is CCNC1CCN(CC2(CC)CC2)CC1C. The molecule has 0 amide bonds. The van der Waals surface area contributed by atoms with Crippen LogP contribution in [0.15, 0.2) is 0 Å². The Hall–Kier alpha value is -0.0800. The van der Waals surface area contributed by atoms with Gasteiger partial charge in [0, 0.05) is 19.1 Å². The highest BCUT2D eigenvalue weighted by Crippen LogP contribution is 2.49. The largest absolute Gasteiger partial charge is 0.314 e. The van der Waals surface area contributed by atoms with Crippen molar-refractivity contribution >= 4 is 0 Å². The van der Waals surface area contributed by atoms with E-state index in [4.69, 9.17) is 0 Å². The molecule has 0 radical (unpaired) electrons. The van der Waals surface area contributed by atoms with Gasteiger partial charge in [0.05, 0.1) is 0 Å². The monoisotopic (exact) mass is 224 g/mol. The smallest absolute Gasteiger partial charge is 0.0117 e. The standard InChI is InChI=1S/C14H28N2/c1-4-14(7-8-14)11-16-9-6-13(15-5-2)12(3)10-16/h12-13,15H,4-11H2,1-3H3. The van der Waals surface area contributed by atoms with Gasteiger partial charge in [0.2, 0.25) is 0 Å². The predicted octanol–water partition coefficient (Wildman–Crippen LogP) is 2.50. The molecule has 2 atom stereocenters. The maximum absolute atomic E-state index is 3.62. The summed E-state index contributed by atoms with van der Waals surface area (Å²) in [6.45, 7) is 12.1. The van der Waals surface area contributed by atoms with Crippen LogP contribution in [0.2, 0.25) is 0 Å². The van der Waals surface area contributed by atoms with Crippen molar-refractivity contribution < 1.29 is 0 Å². The van der Waals surface area contributed by atoms with Crippen LogP contribution < -0.4 is 5.32 Å². The van der Waals surface area contributed by atoms with Crippen molar-refractivity contribution in [3.05, 3.63) is 0 Å². The Morgan fingerprint density at radius 1 is 1.31 bits per heavy atom. The molecule has 0 aromatic heterocycles. The molecule has 16 heavy (non-hydrogen) atoms. The van der Waals surface area contributed by atoms with Crippen molar-refractivity contribution in [2.45, 2.75) is 52.5 Å². The lowest BCUT2D eigenvalue weighted by Crippen LogP contribution is -2.49. The Balaban J connectivity index is 1.78. The van der Waals surface area contributed by atoms with E-state index in [-0.39, 0.29) is 0 Å². The molecule has 2 rings (SSSR count). The minimum absolute atomic E-state index is 0.727. The number of hydrogen-bond donors (Lipinski definition) is 1. The summed E-state index contributed by atoms with van der Waals surface area (Å²) in [6, 6.07) is 0.762. The first-order valence-electron chi connectivity index (χ1n) is 7.15. The van der Waals surface area contributed by atoms with Gasteiger partial charge in [-0.1, -0.05) is 20.8 Å². The second kappa shape index (κ2) is 5.05. The fourth-order valence-corrected chi connectivity index (χ4v) is 3.22. The molecule has 94 valence electrons. The van der Waals surface area contributed by atoms with Crippen molar-refractivity contribution in [2.75, 3.05) is 26.2 Å². The first kappa shape index (κ1) is 12.4. The lowest BCUT2D eigenvalue weighted by molar-refractivity contribution is 0.123. The lowest BCUT2D eigenvalue weighted by atomic mass is 9.92. The van der Waals surface area contributed by atoms with Crippen molar-refractivity contribution in [1.29, 1.82) is 0 Å². The summed E-state index contributed by atoms with van der Waals surface area (Å²) >= 11 is 0. The molecular weight excluding hydrogens is 196 g/mol. The van der Waals surface area contributed by atoms with Gasteiger partial charge in [0.25, 0.3) is 0 Å². The lowest BCUT2D eigenvalue weighted by Gasteiger charge is -2.39. The average molecular weight is 224 g/mol. The second-order valence-electron chi connectivity index (χ2n) is 6.02. The van der Waals surface area contributed by atoms with E-state index in [1.54, 1.807) is 0 Å². The van der Waals surface area contributed by atoms with E-state index < -0.39 is 0 Å². The third-order valence-corrected chi connectivity index (χ3v) is 4.72. The zero-order chi connectivity index (χ0) is 11.6. The summed E-state index contributed by atoms with van der Waals surface area (Å²) in [7, 11) is 0. The van der Waals surface area contributed by atoms with Crippen LogP contribution in [0.25, 0.3) is 0 Å². The summed E-state index contributed by atoms with van der Waals surface area (Å²) in [4.78, 5) is 2.72. The number of rotatable bonds is 5. The van der Waals surface area contributed by atoms with Crippen molar-refractivity contribution in [1.82, 2.24) is 10.2 Å². The van der Waals surface area contributed by atoms with Crippen molar-refractivity contribution in [3.63, 3.8) is 0 Å². The number of nitrogens with one attached hydrogen (secondary N) is 1. The highest BCUT2D eigenvalue weighted by molar-refractivity contribution is 4.96. The fraction of sp³-hybridized carbons (Fsp3) is 1.00. The fourth-order valence-electron chi connectivity index (χ4n) is 3.22. The maximum Gasteiger partial charge on any atom is 0.0117 e. The van der Waals surface area contributed by atoms with Gasteiger partial charge < -0.3 is 10.2 Å². The van der Waals surface area contributed by atoms with E-state index in [9.17, 15) is 0 Å². The van der Waals surface area contributed by atoms with Crippen LogP contribution >= 0.6 is 0 Å². The molecule has 2 nitrogen and oxygen atoms in total. The van der Waals surface area contributed by atoms with Gasteiger partial charge in [0.15, 0.2) is 0 Å². The Kier molecular flexibility index (Phi) is 3.91. The molecule has 1 saturated carbocycles. The quantitative estimate of drug-likeness (QED) is 0.772. The zero-order valence-corrected chi connectivity index (χ0v) is 11.3. The van der Waals surface area contributed by atoms with Crippen LogP contribution in [0, 0.1) is 11.3 Å². The Bertz CT molecular complexity index is 223. The van der Waals surface area contributed by atoms with Gasteiger partial charge in [-0.25, -0.2) is 0 Å². The maximum atomic E-state index is 3.62. The third kappa shape index (κ3) is 2.78. The van der Waals surface area contributed by atoms with Gasteiger partial charge in [-0.15, -0.1) is 0 Å². The first-order chi connectivity index (χ1) is 7.69. The molecule has 1 heterocycles. The first-order valence-corrected chi connectivity index (χ1v) is 7.15. The molecule has 0 bridgehead atoms. The minimum atomic E-state index is 0.727. The molecule has 2 heteroatoms. The van der Waals surface area contributed by atoms with E-state index in [0.717, 1.165) is 23.9 Å². The molecule has 0 aromatic carbocycles. The summed E-state index contributed by atoms with van der Waals surface area (Å²) in [5.74, 6) is 0.821. The number of likely N-dealkylation sites (tertiary alicyclic amines) is 1. The summed E-state index contributed by atoms with van der Waals surface area (Å²) < 4.78 is 0. The number of nitrogens with zero attached hydrogens (tertiary/aromatic N) is 1. The molecular formula is C14H28N2. The third-order valence-electron chi connectivity index (χ3n) is 4.72. The van der Waals surface area contributed by atoms with Crippen molar-refractivity contribution in [3.8, 4) is 0 Å². The summed E-state index contributed by atoms with van der Waals surface area (Å²) in [6.07, 6.45) is 5.68. The zero-order valence-electron chi connectivity index (χ0n) is 11.3. The molecule has 1 N–H and O–H groups in total. The summed E-state index contributed by atoms with van der Waals surface area (Å²) in [5, 5.41) is 3.62. The number of hydrogen-bond acceptors (Lipinski definition) is 2. The topological polar surface area (TPSA) is 15.3 Å². The van der Waals surface area contributed by atoms with Gasteiger partial charge in [0.1, 0.15) is 0 Å². The molecule has 1 aliphatic carbocycles. The molecule has 0 spiro atoms. The van der Waals surface area contributed by atoms with Crippen LogP contribution in [-0.4, -0.2) is 37.1 Å². The molecule has 0 aromatic rings. The van der Waals surface area contributed by atoms with Crippen LogP contribution in [0.4, 0.5) is 0 Å². The van der Waals surface area contributed by atoms with Crippen LogP contribution in [0.1, 0.15) is 46.5 Å². The van der Waals surface area contributed by atoms with Gasteiger partial charge >= 0.3 is 0 Å². The Labute approximate surface area is 101 Å². The normalized spacial score (nSPS) is 33.9.